The van der Waals surface area contributed by atoms with Crippen molar-refractivity contribution in [3.05, 3.63) is 53.6 Å². The summed E-state index contributed by atoms with van der Waals surface area (Å²) in [7, 11) is 4.04. The van der Waals surface area contributed by atoms with Crippen LogP contribution in [0.2, 0.25) is 0 Å². The topological polar surface area (TPSA) is 38.5 Å². The number of hydrogen-bond acceptors (Lipinski definition) is 3. The maximum atomic E-state index is 6.02. The smallest absolute Gasteiger partial charge is 0.130 e. The van der Waals surface area contributed by atoms with Crippen LogP contribution in [-0.4, -0.2) is 20.6 Å². The predicted molar refractivity (Wildman–Crippen MR) is 84.8 cm³/mol. The molecule has 0 amide bonds. The summed E-state index contributed by atoms with van der Waals surface area (Å²) in [5, 5.41) is 0. The Balaban J connectivity index is 2.24. The van der Waals surface area contributed by atoms with Crippen molar-refractivity contribution in [2.45, 2.75) is 13.3 Å². The fraction of sp³-hybridized carbons (Fsp3) is 0.294. The molecule has 0 aromatic heterocycles. The van der Waals surface area contributed by atoms with Crippen LogP contribution < -0.4 is 15.4 Å². The van der Waals surface area contributed by atoms with Gasteiger partial charge in [0.2, 0.25) is 0 Å². The van der Waals surface area contributed by atoms with Gasteiger partial charge in [0.05, 0.1) is 0 Å². The Hall–Kier alpha value is -2.00. The molecule has 2 rings (SSSR count). The lowest BCUT2D eigenvalue weighted by atomic mass is 10.1. The third-order valence-corrected chi connectivity index (χ3v) is 3.25. The predicted octanol–water partition coefficient (Wildman–Crippen LogP) is 3.35. The van der Waals surface area contributed by atoms with Crippen LogP contribution in [0.1, 0.15) is 11.1 Å². The monoisotopic (exact) mass is 270 g/mol. The van der Waals surface area contributed by atoms with Crippen LogP contribution in [0.4, 0.5) is 5.69 Å². The number of anilines is 1. The summed E-state index contributed by atoms with van der Waals surface area (Å²) < 4.78 is 6.02. The van der Waals surface area contributed by atoms with E-state index >= 15 is 0 Å². The molecule has 3 nitrogen and oxygen atoms in total. The van der Waals surface area contributed by atoms with Gasteiger partial charge in [-0.2, -0.15) is 0 Å². The zero-order valence-corrected chi connectivity index (χ0v) is 12.4. The van der Waals surface area contributed by atoms with Crippen LogP contribution in [-0.2, 0) is 6.42 Å². The molecule has 0 heterocycles. The van der Waals surface area contributed by atoms with Crippen molar-refractivity contribution in [3.63, 3.8) is 0 Å². The molecule has 20 heavy (non-hydrogen) atoms. The minimum absolute atomic E-state index is 0.651. The summed E-state index contributed by atoms with van der Waals surface area (Å²) in [6.45, 7) is 2.70. The molecule has 0 aliphatic carbocycles. The van der Waals surface area contributed by atoms with E-state index < -0.39 is 0 Å². The summed E-state index contributed by atoms with van der Waals surface area (Å²) in [6.07, 6.45) is 0.869. The highest BCUT2D eigenvalue weighted by Gasteiger charge is 2.05. The Kier molecular flexibility index (Phi) is 4.64. The molecule has 0 aliphatic rings. The van der Waals surface area contributed by atoms with E-state index in [-0.39, 0.29) is 0 Å². The van der Waals surface area contributed by atoms with Crippen molar-refractivity contribution >= 4 is 5.69 Å². The van der Waals surface area contributed by atoms with Crippen molar-refractivity contribution < 1.29 is 4.74 Å². The van der Waals surface area contributed by atoms with Crippen LogP contribution in [0.5, 0.6) is 11.5 Å². The molecule has 0 spiro atoms. The molecule has 0 saturated heterocycles. The molecule has 0 atom stereocenters. The van der Waals surface area contributed by atoms with Gasteiger partial charge in [-0.05, 0) is 49.2 Å². The highest BCUT2D eigenvalue weighted by Crippen LogP contribution is 2.28. The van der Waals surface area contributed by atoms with Crippen LogP contribution in [0.3, 0.4) is 0 Å². The van der Waals surface area contributed by atoms with Crippen molar-refractivity contribution in [2.75, 3.05) is 25.5 Å². The van der Waals surface area contributed by atoms with E-state index in [1.807, 2.05) is 32.3 Å². The Morgan fingerprint density at radius 1 is 1.10 bits per heavy atom. The van der Waals surface area contributed by atoms with Gasteiger partial charge in [-0.3, -0.25) is 0 Å². The Bertz CT molecular complexity index is 579. The first-order chi connectivity index (χ1) is 9.60. The molecule has 2 aromatic rings. The first-order valence-corrected chi connectivity index (χ1v) is 6.85. The van der Waals surface area contributed by atoms with Gasteiger partial charge >= 0.3 is 0 Å². The van der Waals surface area contributed by atoms with E-state index in [0.29, 0.717) is 6.54 Å². The molecular weight excluding hydrogens is 248 g/mol. The van der Waals surface area contributed by atoms with Gasteiger partial charge < -0.3 is 15.4 Å². The average molecular weight is 270 g/mol. The Morgan fingerprint density at radius 2 is 1.90 bits per heavy atom. The summed E-state index contributed by atoms with van der Waals surface area (Å²) in [6, 6.07) is 14.3. The molecule has 3 heteroatoms. The summed E-state index contributed by atoms with van der Waals surface area (Å²) in [5.74, 6) is 1.75. The van der Waals surface area contributed by atoms with E-state index in [2.05, 4.69) is 36.1 Å². The van der Waals surface area contributed by atoms with Gasteiger partial charge in [-0.25, -0.2) is 0 Å². The van der Waals surface area contributed by atoms with E-state index in [1.165, 1.54) is 5.56 Å². The number of nitrogens with zero attached hydrogens (tertiary/aromatic N) is 1. The molecule has 2 N–H and O–H groups in total. The Labute approximate surface area is 121 Å². The summed E-state index contributed by atoms with van der Waals surface area (Å²) in [5.41, 5.74) is 9.06. The number of rotatable bonds is 5. The highest BCUT2D eigenvalue weighted by molar-refractivity contribution is 5.51. The maximum Gasteiger partial charge on any atom is 0.130 e. The zero-order valence-electron chi connectivity index (χ0n) is 12.4. The van der Waals surface area contributed by atoms with Gasteiger partial charge in [-0.15, -0.1) is 0 Å². The van der Waals surface area contributed by atoms with Crippen molar-refractivity contribution in [2.24, 2.45) is 5.73 Å². The second-order valence-corrected chi connectivity index (χ2v) is 5.13. The maximum absolute atomic E-state index is 6.02. The van der Waals surface area contributed by atoms with Gasteiger partial charge in [0.15, 0.2) is 0 Å². The second kappa shape index (κ2) is 6.44. The normalized spacial score (nSPS) is 10.4. The first kappa shape index (κ1) is 14.4. The van der Waals surface area contributed by atoms with E-state index in [4.69, 9.17) is 10.5 Å². The molecule has 0 aliphatic heterocycles. The molecule has 2 aromatic carbocycles. The lowest BCUT2D eigenvalue weighted by Gasteiger charge is -2.15. The number of aryl methyl sites for hydroxylation is 1. The third-order valence-electron chi connectivity index (χ3n) is 3.25. The Morgan fingerprint density at radius 3 is 2.60 bits per heavy atom. The second-order valence-electron chi connectivity index (χ2n) is 5.13. The number of ether oxygens (including phenoxy) is 1. The van der Waals surface area contributed by atoms with E-state index in [9.17, 15) is 0 Å². The van der Waals surface area contributed by atoms with Crippen LogP contribution in [0, 0.1) is 6.92 Å². The minimum atomic E-state index is 0.651. The van der Waals surface area contributed by atoms with Gasteiger partial charge in [-0.1, -0.05) is 18.2 Å². The molecular formula is C17H22N2O. The number of nitrogens with two attached hydrogens (primary N) is 1. The molecule has 0 fully saturated rings. The van der Waals surface area contributed by atoms with E-state index in [1.54, 1.807) is 0 Å². The summed E-state index contributed by atoms with van der Waals surface area (Å²) in [4.78, 5) is 2.06. The molecule has 106 valence electrons. The van der Waals surface area contributed by atoms with Gasteiger partial charge in [0.1, 0.15) is 11.5 Å². The largest absolute Gasteiger partial charge is 0.457 e. The van der Waals surface area contributed by atoms with Crippen molar-refractivity contribution in [3.8, 4) is 11.5 Å². The van der Waals surface area contributed by atoms with Crippen LogP contribution in [0.25, 0.3) is 0 Å². The lowest BCUT2D eigenvalue weighted by Crippen LogP contribution is -2.08. The van der Waals surface area contributed by atoms with Crippen LogP contribution >= 0.6 is 0 Å². The number of benzene rings is 2. The quantitative estimate of drug-likeness (QED) is 0.905. The average Bonchev–Trinajstić information content (AvgIpc) is 2.43. The van der Waals surface area contributed by atoms with Crippen LogP contribution in [0.15, 0.2) is 42.5 Å². The van der Waals surface area contributed by atoms with Gasteiger partial charge in [0, 0.05) is 25.8 Å². The molecule has 0 saturated carbocycles. The number of hydrogen-bond donors (Lipinski definition) is 1. The highest BCUT2D eigenvalue weighted by atomic mass is 16.5. The van der Waals surface area contributed by atoms with Crippen molar-refractivity contribution in [1.29, 1.82) is 0 Å². The molecule has 0 bridgehead atoms. The molecule has 0 unspecified atom stereocenters. The summed E-state index contributed by atoms with van der Waals surface area (Å²) >= 11 is 0. The molecule has 0 radical (unpaired) electrons. The minimum Gasteiger partial charge on any atom is -0.457 e. The first-order valence-electron chi connectivity index (χ1n) is 6.85. The van der Waals surface area contributed by atoms with Gasteiger partial charge in [0.25, 0.3) is 0 Å². The standard InChI is InChI=1S/C17H22N2O/c1-13-7-8-14(9-10-18)11-17(13)20-16-6-4-5-15(12-16)19(2)3/h4-8,11-12H,9-10,18H2,1-3H3. The fourth-order valence-electron chi connectivity index (χ4n) is 2.03. The third kappa shape index (κ3) is 3.52. The van der Waals surface area contributed by atoms with Crippen molar-refractivity contribution in [1.82, 2.24) is 0 Å². The SMILES string of the molecule is Cc1ccc(CCN)cc1Oc1cccc(N(C)C)c1. The van der Waals surface area contributed by atoms with E-state index in [0.717, 1.165) is 29.2 Å². The zero-order chi connectivity index (χ0) is 14.5. The fourth-order valence-corrected chi connectivity index (χ4v) is 2.03. The lowest BCUT2D eigenvalue weighted by molar-refractivity contribution is 0.478.